The fourth-order valence-corrected chi connectivity index (χ4v) is 6.10. The van der Waals surface area contributed by atoms with Gasteiger partial charge in [0.05, 0.1) is 29.6 Å². The Morgan fingerprint density at radius 2 is 1.82 bits per heavy atom. The van der Waals surface area contributed by atoms with Crippen molar-refractivity contribution in [1.82, 2.24) is 14.5 Å². The van der Waals surface area contributed by atoms with Gasteiger partial charge in [0.2, 0.25) is 5.91 Å². The Bertz CT molecular complexity index is 1500. The predicted molar refractivity (Wildman–Crippen MR) is 153 cm³/mol. The first-order valence-corrected chi connectivity index (χ1v) is 14.1. The Labute approximate surface area is 233 Å². The van der Waals surface area contributed by atoms with E-state index >= 15 is 0 Å². The van der Waals surface area contributed by atoms with Crippen LogP contribution in [0.5, 0.6) is 0 Å². The molecule has 1 aromatic heterocycles. The molecule has 2 aromatic carbocycles. The van der Waals surface area contributed by atoms with Gasteiger partial charge in [-0.05, 0) is 55.9 Å². The lowest BCUT2D eigenvalue weighted by Gasteiger charge is -2.38. The number of amides is 1. The average Bonchev–Trinajstić information content (AvgIpc) is 3.56. The zero-order valence-corrected chi connectivity index (χ0v) is 23.2. The van der Waals surface area contributed by atoms with E-state index in [1.807, 2.05) is 30.3 Å². The number of hydrogen-bond donors (Lipinski definition) is 2. The Morgan fingerprint density at radius 3 is 2.45 bits per heavy atom. The highest BCUT2D eigenvalue weighted by Crippen LogP contribution is 2.54. The lowest BCUT2D eigenvalue weighted by molar-refractivity contribution is -0.147. The molecule has 9 heteroatoms. The second-order valence-corrected chi connectivity index (χ2v) is 11.0. The largest absolute Gasteiger partial charge is 0.466 e. The van der Waals surface area contributed by atoms with E-state index in [0.29, 0.717) is 29.8 Å². The number of nitrogens with zero attached hydrogens (tertiary/aromatic N) is 3. The molecule has 0 bridgehead atoms. The van der Waals surface area contributed by atoms with Crippen molar-refractivity contribution in [1.29, 1.82) is 5.41 Å². The van der Waals surface area contributed by atoms with E-state index in [1.165, 1.54) is 0 Å². The molecule has 0 spiro atoms. The molecule has 210 valence electrons. The highest BCUT2D eigenvalue weighted by atomic mass is 16.5. The van der Waals surface area contributed by atoms with Crippen LogP contribution in [0.15, 0.2) is 47.3 Å². The minimum Gasteiger partial charge on any atom is -0.466 e. The van der Waals surface area contributed by atoms with E-state index in [1.54, 1.807) is 30.7 Å². The number of nitrogens with two attached hydrogens (primary N) is 1. The fourth-order valence-electron chi connectivity index (χ4n) is 6.10. The van der Waals surface area contributed by atoms with Gasteiger partial charge in [-0.15, -0.1) is 0 Å². The molecule has 2 saturated carbocycles. The third kappa shape index (κ3) is 5.37. The first-order chi connectivity index (χ1) is 19.2. The number of amidine groups is 1. The summed E-state index contributed by atoms with van der Waals surface area (Å²) >= 11 is 0. The van der Waals surface area contributed by atoms with E-state index in [-0.39, 0.29) is 42.2 Å². The summed E-state index contributed by atoms with van der Waals surface area (Å²) in [5, 5.41) is 7.59. The number of fused-ring (bicyclic) bond motifs is 1. The van der Waals surface area contributed by atoms with E-state index in [9.17, 15) is 14.4 Å². The fraction of sp³-hybridized carbons (Fsp3) is 0.452. The van der Waals surface area contributed by atoms with Crippen LogP contribution in [-0.4, -0.2) is 44.8 Å². The smallest absolute Gasteiger partial charge is 0.306 e. The van der Waals surface area contributed by atoms with Crippen LogP contribution in [-0.2, 0) is 33.3 Å². The molecule has 0 radical (unpaired) electrons. The average molecular weight is 544 g/mol. The van der Waals surface area contributed by atoms with Gasteiger partial charge in [-0.3, -0.25) is 19.8 Å². The van der Waals surface area contributed by atoms with Crippen LogP contribution < -0.4 is 11.3 Å². The molecule has 9 nitrogen and oxygen atoms in total. The number of hydrogen-bond acceptors (Lipinski definition) is 6. The molecule has 3 aromatic rings. The van der Waals surface area contributed by atoms with Crippen molar-refractivity contribution in [3.8, 4) is 0 Å². The molecule has 0 aliphatic heterocycles. The summed E-state index contributed by atoms with van der Waals surface area (Å²) in [7, 11) is 1.75. The molecular formula is C31H37N5O4. The van der Waals surface area contributed by atoms with Gasteiger partial charge in [0.15, 0.2) is 0 Å². The zero-order valence-electron chi connectivity index (χ0n) is 23.2. The summed E-state index contributed by atoms with van der Waals surface area (Å²) in [6.45, 7) is 2.07. The maximum atomic E-state index is 13.6. The number of carbonyl (C=O) groups is 2. The van der Waals surface area contributed by atoms with Crippen molar-refractivity contribution in [2.75, 3.05) is 6.61 Å². The number of nitrogens with one attached hydrogen (secondary N) is 1. The number of ether oxygens (including phenoxy) is 1. The van der Waals surface area contributed by atoms with Crippen molar-refractivity contribution in [3.05, 3.63) is 75.2 Å². The lowest BCUT2D eigenvalue weighted by atomic mass is 9.98. The standard InChI is InChI=1S/C31H37N5O4/c1-3-40-28(38)15-14-27(37)36(23-6-4-5-7-23)31(16-17-31)22-12-13-26-24(19-22)34-25(30(39)35(26)2)18-20-8-10-21(11-9-20)29(32)33/h8-13,19,23H,3-7,14-18H2,1-2H3,(H3,32,33). The number of carbonyl (C=O) groups excluding carboxylic acids is 2. The minimum atomic E-state index is -0.409. The van der Waals surface area contributed by atoms with Gasteiger partial charge >= 0.3 is 5.97 Å². The predicted octanol–water partition coefficient (Wildman–Crippen LogP) is 3.91. The number of aryl methyl sites for hydroxylation is 1. The molecule has 3 N–H and O–H groups in total. The third-order valence-corrected chi connectivity index (χ3v) is 8.31. The van der Waals surface area contributed by atoms with E-state index < -0.39 is 5.54 Å². The summed E-state index contributed by atoms with van der Waals surface area (Å²) < 4.78 is 6.69. The first kappa shape index (κ1) is 27.6. The van der Waals surface area contributed by atoms with E-state index in [2.05, 4.69) is 4.90 Å². The van der Waals surface area contributed by atoms with Crippen LogP contribution in [0.25, 0.3) is 11.0 Å². The van der Waals surface area contributed by atoms with Gasteiger partial charge in [0.1, 0.15) is 11.5 Å². The monoisotopic (exact) mass is 543 g/mol. The van der Waals surface area contributed by atoms with Crippen LogP contribution in [0.4, 0.5) is 0 Å². The quantitative estimate of drug-likeness (QED) is 0.226. The van der Waals surface area contributed by atoms with Crippen LogP contribution >= 0.6 is 0 Å². The number of benzene rings is 2. The normalized spacial score (nSPS) is 16.1. The van der Waals surface area contributed by atoms with Crippen LogP contribution in [0.1, 0.15) is 80.7 Å². The summed E-state index contributed by atoms with van der Waals surface area (Å²) in [4.78, 5) is 45.7. The van der Waals surface area contributed by atoms with Gasteiger partial charge in [-0.2, -0.15) is 0 Å². The molecule has 40 heavy (non-hydrogen) atoms. The van der Waals surface area contributed by atoms with Crippen molar-refractivity contribution < 1.29 is 14.3 Å². The number of aromatic nitrogens is 2. The Balaban J connectivity index is 1.47. The van der Waals surface area contributed by atoms with Crippen molar-refractivity contribution in [3.63, 3.8) is 0 Å². The van der Waals surface area contributed by atoms with Gasteiger partial charge in [0.25, 0.3) is 5.56 Å². The molecule has 2 aliphatic rings. The van der Waals surface area contributed by atoms with Gasteiger partial charge in [-0.25, -0.2) is 4.98 Å². The number of nitrogen functional groups attached to an aromatic ring is 1. The SMILES string of the molecule is CCOC(=O)CCC(=O)N(C1CCCC1)C1(c2ccc3c(c2)nc(Cc2ccc(C(=N)N)cc2)c(=O)n3C)CC1. The van der Waals surface area contributed by atoms with Crippen LogP contribution in [0.2, 0.25) is 0 Å². The van der Waals surface area contributed by atoms with Gasteiger partial charge in [0, 0.05) is 31.5 Å². The highest BCUT2D eigenvalue weighted by molar-refractivity contribution is 5.94. The minimum absolute atomic E-state index is 0.000618. The maximum Gasteiger partial charge on any atom is 0.306 e. The molecule has 2 fully saturated rings. The summed E-state index contributed by atoms with van der Waals surface area (Å²) in [6, 6.07) is 13.4. The number of esters is 1. The molecule has 0 unspecified atom stereocenters. The van der Waals surface area contributed by atoms with Crippen LogP contribution in [0, 0.1) is 5.41 Å². The molecule has 5 rings (SSSR count). The van der Waals surface area contributed by atoms with Crippen molar-refractivity contribution >= 4 is 28.7 Å². The highest BCUT2D eigenvalue weighted by Gasteiger charge is 2.54. The van der Waals surface area contributed by atoms with Crippen LogP contribution in [0.3, 0.4) is 0 Å². The molecule has 0 atom stereocenters. The van der Waals surface area contributed by atoms with E-state index in [4.69, 9.17) is 20.9 Å². The molecule has 1 amide bonds. The second-order valence-electron chi connectivity index (χ2n) is 11.0. The lowest BCUT2D eigenvalue weighted by Crippen LogP contribution is -2.46. The Kier molecular flexibility index (Phi) is 7.74. The Hall–Kier alpha value is -4.01. The third-order valence-electron chi connectivity index (χ3n) is 8.31. The summed E-state index contributed by atoms with van der Waals surface area (Å²) in [5.74, 6) is -0.342. The zero-order chi connectivity index (χ0) is 28.4. The second kappa shape index (κ2) is 11.2. The van der Waals surface area contributed by atoms with E-state index in [0.717, 1.165) is 55.2 Å². The topological polar surface area (TPSA) is 131 Å². The maximum absolute atomic E-state index is 13.6. The summed E-state index contributed by atoms with van der Waals surface area (Å²) in [5.41, 5.74) is 9.46. The van der Waals surface area contributed by atoms with Gasteiger partial charge in [-0.1, -0.05) is 43.2 Å². The molecular weight excluding hydrogens is 506 g/mol. The number of rotatable bonds is 10. The Morgan fingerprint density at radius 1 is 1.12 bits per heavy atom. The van der Waals surface area contributed by atoms with Crippen molar-refractivity contribution in [2.24, 2.45) is 12.8 Å². The summed E-state index contributed by atoms with van der Waals surface area (Å²) in [6.07, 6.45) is 6.45. The molecule has 0 saturated heterocycles. The van der Waals surface area contributed by atoms with Crippen molar-refractivity contribution in [2.45, 2.75) is 76.3 Å². The molecule has 1 heterocycles. The first-order valence-electron chi connectivity index (χ1n) is 14.1. The van der Waals surface area contributed by atoms with Gasteiger partial charge < -0.3 is 19.9 Å². The molecule has 2 aliphatic carbocycles.